The average Bonchev–Trinajstić information content (AvgIpc) is 3.41. The van der Waals surface area contributed by atoms with E-state index in [-0.39, 0.29) is 21.7 Å². The standard InChI is InChI=1S/C23H25N5O3S/c1-14-11-15(2)20(16(3)12-14)32(29,30)23-22-25-21(24-13-17-7-6-10-31-17)18-8-4-5-9-19(18)28(22)27-26-23/h4-5,8-9,11-12,17H,6-7,10,13H2,1-3H3,(H,24,25)/t17-/m1/s1. The number of rotatable bonds is 5. The molecule has 1 aliphatic rings. The molecule has 3 heterocycles. The van der Waals surface area contributed by atoms with Crippen molar-refractivity contribution in [2.75, 3.05) is 18.5 Å². The van der Waals surface area contributed by atoms with Crippen LogP contribution >= 0.6 is 0 Å². The smallest absolute Gasteiger partial charge is 0.230 e. The summed E-state index contributed by atoms with van der Waals surface area (Å²) in [5.41, 5.74) is 3.32. The largest absolute Gasteiger partial charge is 0.376 e. The van der Waals surface area contributed by atoms with Crippen LogP contribution in [0.4, 0.5) is 5.82 Å². The first kappa shape index (κ1) is 20.8. The summed E-state index contributed by atoms with van der Waals surface area (Å²) in [4.78, 5) is 4.94. The Kier molecular flexibility index (Phi) is 5.10. The van der Waals surface area contributed by atoms with Crippen LogP contribution in [0.15, 0.2) is 46.3 Å². The number of nitrogens with zero attached hydrogens (tertiary/aromatic N) is 4. The van der Waals surface area contributed by atoms with Crippen molar-refractivity contribution in [3.63, 3.8) is 0 Å². The van der Waals surface area contributed by atoms with Gasteiger partial charge in [-0.15, -0.1) is 5.10 Å². The molecule has 5 rings (SSSR count). The molecule has 0 bridgehead atoms. The van der Waals surface area contributed by atoms with Gasteiger partial charge >= 0.3 is 0 Å². The van der Waals surface area contributed by atoms with E-state index >= 15 is 0 Å². The molecule has 1 saturated heterocycles. The van der Waals surface area contributed by atoms with Crippen molar-refractivity contribution in [2.45, 2.75) is 49.6 Å². The maximum atomic E-state index is 13.7. The molecular formula is C23H25N5O3S. The van der Waals surface area contributed by atoms with Crippen LogP contribution in [-0.4, -0.2) is 47.5 Å². The molecule has 2 aromatic heterocycles. The summed E-state index contributed by atoms with van der Waals surface area (Å²) in [6.45, 7) is 6.92. The number of ether oxygens (including phenoxy) is 1. The molecule has 166 valence electrons. The van der Waals surface area contributed by atoms with Crippen LogP contribution in [0.3, 0.4) is 0 Å². The van der Waals surface area contributed by atoms with Crippen LogP contribution in [0.5, 0.6) is 0 Å². The Morgan fingerprint density at radius 1 is 1.16 bits per heavy atom. The highest BCUT2D eigenvalue weighted by atomic mass is 32.2. The minimum absolute atomic E-state index is 0.121. The van der Waals surface area contributed by atoms with Gasteiger partial charge in [0, 0.05) is 18.5 Å². The fourth-order valence-electron chi connectivity index (χ4n) is 4.56. The van der Waals surface area contributed by atoms with Crippen LogP contribution in [0.25, 0.3) is 16.6 Å². The number of anilines is 1. The van der Waals surface area contributed by atoms with E-state index < -0.39 is 9.84 Å². The highest BCUT2D eigenvalue weighted by Gasteiger charge is 2.30. The summed E-state index contributed by atoms with van der Waals surface area (Å²) < 4.78 is 34.6. The third kappa shape index (κ3) is 3.41. The topological polar surface area (TPSA) is 98.5 Å². The van der Waals surface area contributed by atoms with E-state index in [9.17, 15) is 8.42 Å². The molecule has 8 nitrogen and oxygen atoms in total. The van der Waals surface area contributed by atoms with Crippen molar-refractivity contribution in [1.29, 1.82) is 0 Å². The van der Waals surface area contributed by atoms with Crippen molar-refractivity contribution < 1.29 is 13.2 Å². The van der Waals surface area contributed by atoms with Crippen molar-refractivity contribution in [1.82, 2.24) is 19.8 Å². The summed E-state index contributed by atoms with van der Waals surface area (Å²) in [5, 5.41) is 12.3. The Morgan fingerprint density at radius 3 is 2.62 bits per heavy atom. The van der Waals surface area contributed by atoms with Gasteiger partial charge in [-0.1, -0.05) is 35.0 Å². The van der Waals surface area contributed by atoms with E-state index in [1.807, 2.05) is 43.3 Å². The predicted molar refractivity (Wildman–Crippen MR) is 122 cm³/mol. The van der Waals surface area contributed by atoms with Crippen molar-refractivity contribution in [3.05, 3.63) is 53.1 Å². The summed E-state index contributed by atoms with van der Waals surface area (Å²) in [6, 6.07) is 11.3. The molecule has 1 atom stereocenters. The Hall–Kier alpha value is -3.04. The molecule has 2 aromatic carbocycles. The second-order valence-electron chi connectivity index (χ2n) is 8.35. The zero-order valence-electron chi connectivity index (χ0n) is 18.3. The number of benzene rings is 2. The quantitative estimate of drug-likeness (QED) is 0.495. The van der Waals surface area contributed by atoms with Gasteiger partial charge in [0.25, 0.3) is 0 Å². The zero-order valence-corrected chi connectivity index (χ0v) is 19.1. The number of sulfone groups is 1. The normalized spacial score (nSPS) is 16.8. The molecular weight excluding hydrogens is 426 g/mol. The maximum Gasteiger partial charge on any atom is 0.230 e. The summed E-state index contributed by atoms with van der Waals surface area (Å²) in [6.07, 6.45) is 2.16. The number of para-hydroxylation sites is 1. The van der Waals surface area contributed by atoms with E-state index in [0.717, 1.165) is 35.9 Å². The number of aryl methyl sites for hydroxylation is 3. The second kappa shape index (κ2) is 7.83. The number of hydrogen-bond acceptors (Lipinski definition) is 7. The van der Waals surface area contributed by atoms with Crippen LogP contribution < -0.4 is 5.32 Å². The molecule has 9 heteroatoms. The highest BCUT2D eigenvalue weighted by Crippen LogP contribution is 2.31. The Labute approximate surface area is 186 Å². The van der Waals surface area contributed by atoms with Crippen LogP contribution in [0, 0.1) is 20.8 Å². The van der Waals surface area contributed by atoms with Crippen LogP contribution in [0.1, 0.15) is 29.5 Å². The molecule has 0 saturated carbocycles. The fourth-order valence-corrected chi connectivity index (χ4v) is 6.23. The maximum absolute atomic E-state index is 13.7. The number of aromatic nitrogens is 4. The van der Waals surface area contributed by atoms with E-state index in [1.54, 1.807) is 13.8 Å². The average molecular weight is 452 g/mol. The molecule has 0 radical (unpaired) electrons. The summed E-state index contributed by atoms with van der Waals surface area (Å²) in [5.74, 6) is 0.597. The van der Waals surface area contributed by atoms with Crippen molar-refractivity contribution in [2.24, 2.45) is 0 Å². The lowest BCUT2D eigenvalue weighted by atomic mass is 10.1. The van der Waals surface area contributed by atoms with E-state index in [0.29, 0.717) is 23.5 Å². The minimum atomic E-state index is -3.93. The molecule has 1 aliphatic heterocycles. The lowest BCUT2D eigenvalue weighted by Gasteiger charge is -2.14. The van der Waals surface area contributed by atoms with Crippen molar-refractivity contribution >= 4 is 32.2 Å². The zero-order chi connectivity index (χ0) is 22.5. The molecule has 0 unspecified atom stereocenters. The SMILES string of the molecule is Cc1cc(C)c(S(=O)(=O)c2nnn3c2nc(NC[C@H]2CCCO2)c2ccccc23)c(C)c1. The van der Waals surface area contributed by atoms with Gasteiger partial charge in [0.05, 0.1) is 16.5 Å². The third-order valence-electron chi connectivity index (χ3n) is 5.87. The first-order chi connectivity index (χ1) is 15.4. The first-order valence-electron chi connectivity index (χ1n) is 10.7. The molecule has 32 heavy (non-hydrogen) atoms. The highest BCUT2D eigenvalue weighted by molar-refractivity contribution is 7.91. The van der Waals surface area contributed by atoms with E-state index in [2.05, 4.69) is 20.6 Å². The Bertz CT molecular complexity index is 1420. The molecule has 0 amide bonds. The number of hydrogen-bond donors (Lipinski definition) is 1. The van der Waals surface area contributed by atoms with Gasteiger partial charge in [0.2, 0.25) is 14.9 Å². The van der Waals surface area contributed by atoms with Gasteiger partial charge in [-0.3, -0.25) is 0 Å². The Balaban J connectivity index is 1.68. The van der Waals surface area contributed by atoms with E-state index in [4.69, 9.17) is 4.74 Å². The molecule has 0 aliphatic carbocycles. The third-order valence-corrected chi connectivity index (χ3v) is 7.83. The van der Waals surface area contributed by atoms with Crippen LogP contribution in [0.2, 0.25) is 0 Å². The molecule has 0 spiro atoms. The van der Waals surface area contributed by atoms with Crippen LogP contribution in [-0.2, 0) is 14.6 Å². The lowest BCUT2D eigenvalue weighted by molar-refractivity contribution is 0.120. The Morgan fingerprint density at radius 2 is 1.91 bits per heavy atom. The predicted octanol–water partition coefficient (Wildman–Crippen LogP) is 3.63. The van der Waals surface area contributed by atoms with E-state index in [1.165, 1.54) is 4.52 Å². The number of fused-ring (bicyclic) bond motifs is 3. The fraction of sp³-hybridized carbons (Fsp3) is 0.348. The monoisotopic (exact) mass is 451 g/mol. The van der Waals surface area contributed by atoms with Crippen molar-refractivity contribution in [3.8, 4) is 0 Å². The van der Waals surface area contributed by atoms with Gasteiger partial charge in [-0.25, -0.2) is 13.4 Å². The lowest BCUT2D eigenvalue weighted by Crippen LogP contribution is -2.19. The molecule has 4 aromatic rings. The van der Waals surface area contributed by atoms with Gasteiger partial charge < -0.3 is 10.1 Å². The summed E-state index contributed by atoms with van der Waals surface area (Å²) >= 11 is 0. The minimum Gasteiger partial charge on any atom is -0.376 e. The summed E-state index contributed by atoms with van der Waals surface area (Å²) in [7, 11) is -3.93. The van der Waals surface area contributed by atoms with Gasteiger partial charge in [0.1, 0.15) is 5.82 Å². The van der Waals surface area contributed by atoms with Gasteiger partial charge in [0.15, 0.2) is 5.65 Å². The second-order valence-corrected chi connectivity index (χ2v) is 10.2. The molecule has 1 fully saturated rings. The molecule has 1 N–H and O–H groups in total. The van der Waals surface area contributed by atoms with Gasteiger partial charge in [-0.05, 0) is 56.9 Å². The van der Waals surface area contributed by atoms with Gasteiger partial charge in [-0.2, -0.15) is 4.52 Å². The number of nitrogens with one attached hydrogen (secondary N) is 1. The first-order valence-corrected chi connectivity index (χ1v) is 12.2.